The molecule has 3 amide bonds. The van der Waals surface area contributed by atoms with Crippen molar-refractivity contribution in [2.75, 3.05) is 19.8 Å². The van der Waals surface area contributed by atoms with Gasteiger partial charge in [0.05, 0.1) is 6.33 Å². The molecule has 2 heterocycles. The largest absolute Gasteiger partial charge is 0.480 e. The van der Waals surface area contributed by atoms with Crippen LogP contribution >= 0.6 is 0 Å². The Labute approximate surface area is 219 Å². The Morgan fingerprint density at radius 2 is 1.92 bits per heavy atom. The van der Waals surface area contributed by atoms with E-state index in [2.05, 4.69) is 15.0 Å². The molecule has 206 valence electrons. The Hall–Kier alpha value is -3.82. The van der Waals surface area contributed by atoms with Crippen molar-refractivity contribution in [2.24, 2.45) is 12.8 Å². The summed E-state index contributed by atoms with van der Waals surface area (Å²) in [5, 5.41) is 11.1. The first-order valence-electron chi connectivity index (χ1n) is 11.7. The molecular weight excluding hydrogens is 520 g/mol. The maximum atomic E-state index is 13.3. The zero-order valence-corrected chi connectivity index (χ0v) is 21.5. The molecule has 1 aliphatic heterocycles. The number of likely N-dealkylation sites (tertiary alicyclic amines) is 1. The summed E-state index contributed by atoms with van der Waals surface area (Å²) in [6.07, 6.45) is 2.83. The molecule has 0 radical (unpaired) electrons. The van der Waals surface area contributed by atoms with Crippen molar-refractivity contribution in [3.8, 4) is 0 Å². The number of ether oxygens (including phenoxy) is 1. The predicted octanol–water partition coefficient (Wildman–Crippen LogP) is -1.63. The van der Waals surface area contributed by atoms with Gasteiger partial charge in [-0.1, -0.05) is 30.3 Å². The Kier molecular flexibility index (Phi) is 9.55. The van der Waals surface area contributed by atoms with Crippen molar-refractivity contribution < 1.29 is 37.4 Å². The molecule has 1 fully saturated rings. The fourth-order valence-electron chi connectivity index (χ4n) is 4.08. The number of carbonyl (C=O) groups excluding carboxylic acids is 3. The summed E-state index contributed by atoms with van der Waals surface area (Å²) in [4.78, 5) is 54.0. The molecular formula is C23H30N6O8S. The van der Waals surface area contributed by atoms with Crippen LogP contribution in [0.15, 0.2) is 47.9 Å². The van der Waals surface area contributed by atoms with Gasteiger partial charge in [-0.25, -0.2) is 22.9 Å². The van der Waals surface area contributed by atoms with Crippen LogP contribution in [-0.4, -0.2) is 89.6 Å². The van der Waals surface area contributed by atoms with Gasteiger partial charge in [0.1, 0.15) is 25.3 Å². The number of carbonyl (C=O) groups is 4. The molecule has 1 aliphatic rings. The van der Waals surface area contributed by atoms with Gasteiger partial charge >= 0.3 is 5.97 Å². The summed E-state index contributed by atoms with van der Waals surface area (Å²) in [6, 6.07) is 5.86. The Balaban J connectivity index is 1.77. The van der Waals surface area contributed by atoms with Crippen LogP contribution in [0, 0.1) is 0 Å². The lowest BCUT2D eigenvalue weighted by Gasteiger charge is -2.39. The monoisotopic (exact) mass is 550 g/mol. The molecule has 2 aromatic rings. The number of aryl methyl sites for hydroxylation is 1. The second-order valence-electron chi connectivity index (χ2n) is 8.86. The van der Waals surface area contributed by atoms with Crippen molar-refractivity contribution in [3.63, 3.8) is 0 Å². The summed E-state index contributed by atoms with van der Waals surface area (Å²) in [5.41, 5.74) is 6.26. The van der Waals surface area contributed by atoms with Gasteiger partial charge in [0.15, 0.2) is 5.03 Å². The molecule has 5 N–H and O–H groups in total. The van der Waals surface area contributed by atoms with E-state index >= 15 is 0 Å². The van der Waals surface area contributed by atoms with E-state index in [0.29, 0.717) is 0 Å². The highest BCUT2D eigenvalue weighted by Gasteiger charge is 2.39. The number of benzene rings is 1. The lowest BCUT2D eigenvalue weighted by molar-refractivity contribution is -0.150. The number of rotatable bonds is 12. The average molecular weight is 551 g/mol. The third-order valence-electron chi connectivity index (χ3n) is 5.90. The first-order chi connectivity index (χ1) is 18.0. The molecule has 1 aromatic heterocycles. The molecule has 0 aliphatic carbocycles. The number of hydrogen-bond donors (Lipinski definition) is 4. The number of nitrogens with one attached hydrogen (secondary N) is 2. The molecule has 15 heteroatoms. The van der Waals surface area contributed by atoms with Crippen LogP contribution in [0.25, 0.3) is 0 Å². The molecule has 14 nitrogen and oxygen atoms in total. The van der Waals surface area contributed by atoms with Gasteiger partial charge in [-0.05, 0) is 18.4 Å². The Morgan fingerprint density at radius 3 is 2.53 bits per heavy atom. The van der Waals surface area contributed by atoms with Crippen molar-refractivity contribution in [1.29, 1.82) is 0 Å². The quantitative estimate of drug-likeness (QED) is 0.239. The highest BCUT2D eigenvalue weighted by molar-refractivity contribution is 7.89. The highest BCUT2D eigenvalue weighted by Crippen LogP contribution is 2.21. The number of imidazole rings is 1. The van der Waals surface area contributed by atoms with Gasteiger partial charge in [0, 0.05) is 32.3 Å². The number of carboxylic acid groups (broad SMARTS) is 1. The smallest absolute Gasteiger partial charge is 0.329 e. The van der Waals surface area contributed by atoms with E-state index in [-0.39, 0.29) is 30.8 Å². The molecule has 0 unspecified atom stereocenters. The summed E-state index contributed by atoms with van der Waals surface area (Å²) >= 11 is 0. The number of hydrogen-bond acceptors (Lipinski definition) is 8. The summed E-state index contributed by atoms with van der Waals surface area (Å²) in [7, 11) is -2.39. The van der Waals surface area contributed by atoms with Crippen molar-refractivity contribution in [2.45, 2.75) is 42.4 Å². The second kappa shape index (κ2) is 12.6. The van der Waals surface area contributed by atoms with E-state index in [1.807, 2.05) is 0 Å². The third kappa shape index (κ3) is 7.84. The Morgan fingerprint density at radius 1 is 1.21 bits per heavy atom. The van der Waals surface area contributed by atoms with Gasteiger partial charge in [-0.2, -0.15) is 0 Å². The number of sulfonamides is 1. The lowest BCUT2D eigenvalue weighted by atomic mass is 9.96. The maximum Gasteiger partial charge on any atom is 0.329 e. The van der Waals surface area contributed by atoms with Crippen LogP contribution < -0.4 is 15.8 Å². The van der Waals surface area contributed by atoms with Crippen LogP contribution in [-0.2, 0) is 47.4 Å². The van der Waals surface area contributed by atoms with Crippen molar-refractivity contribution >= 4 is 33.7 Å². The van der Waals surface area contributed by atoms with Crippen molar-refractivity contribution in [3.05, 3.63) is 48.4 Å². The van der Waals surface area contributed by atoms with Crippen molar-refractivity contribution in [1.82, 2.24) is 24.5 Å². The third-order valence-corrected chi connectivity index (χ3v) is 7.30. The van der Waals surface area contributed by atoms with Gasteiger partial charge in [-0.3, -0.25) is 14.4 Å². The summed E-state index contributed by atoms with van der Waals surface area (Å²) in [6.45, 7) is -1.32. The number of aliphatic carboxylic acids is 1. The van der Waals surface area contributed by atoms with Gasteiger partial charge in [0.2, 0.25) is 17.7 Å². The predicted molar refractivity (Wildman–Crippen MR) is 132 cm³/mol. The highest BCUT2D eigenvalue weighted by atomic mass is 32.2. The minimum atomic E-state index is -4.01. The topological polar surface area (TPSA) is 203 Å². The van der Waals surface area contributed by atoms with E-state index < -0.39 is 65.1 Å². The number of aromatic nitrogens is 2. The Bertz CT molecular complexity index is 1270. The molecule has 3 rings (SSSR count). The number of primary amides is 1. The van der Waals surface area contributed by atoms with Gasteiger partial charge in [-0.15, -0.1) is 0 Å². The molecule has 0 bridgehead atoms. The van der Waals surface area contributed by atoms with E-state index in [1.54, 1.807) is 37.4 Å². The zero-order valence-electron chi connectivity index (χ0n) is 20.6. The van der Waals surface area contributed by atoms with Gasteiger partial charge in [0.25, 0.3) is 10.0 Å². The molecule has 38 heavy (non-hydrogen) atoms. The standard InChI is InChI=1S/C23H30N6O8S/c1-28-11-19(25-14-28)38(35,36)27-16-7-8-29(20(30)12-37-13-21(31)32)18(10-16)23(34)26-17(22(24)33)9-15-5-3-2-4-6-15/h2-6,11,14,16-18,27H,7-10,12-13H2,1H3,(H2,24,33)(H,26,34)(H,31,32)/t16-,17+,18-/m0/s1. The van der Waals surface area contributed by atoms with Crippen LogP contribution in [0.1, 0.15) is 18.4 Å². The number of nitrogens with zero attached hydrogens (tertiary/aromatic N) is 3. The molecule has 1 saturated heterocycles. The number of carboxylic acids is 1. The first-order valence-corrected chi connectivity index (χ1v) is 13.2. The minimum absolute atomic E-state index is 0.0251. The van der Waals surface area contributed by atoms with Crippen LogP contribution in [0.3, 0.4) is 0 Å². The van der Waals surface area contributed by atoms with E-state index in [1.165, 1.54) is 22.0 Å². The summed E-state index contributed by atoms with van der Waals surface area (Å²) in [5.74, 6) is -3.41. The SMILES string of the molecule is Cn1cnc(S(=O)(=O)N[C@H]2CCN(C(=O)COCC(=O)O)[C@H](C(=O)N[C@H](Cc3ccccc3)C(N)=O)C2)c1. The van der Waals surface area contributed by atoms with Crippen LogP contribution in [0.4, 0.5) is 0 Å². The van der Waals surface area contributed by atoms with Crippen LogP contribution in [0.5, 0.6) is 0 Å². The maximum absolute atomic E-state index is 13.3. The molecule has 3 atom stereocenters. The minimum Gasteiger partial charge on any atom is -0.480 e. The molecule has 0 spiro atoms. The second-order valence-corrected chi connectivity index (χ2v) is 10.5. The summed E-state index contributed by atoms with van der Waals surface area (Å²) < 4.78 is 34.4. The average Bonchev–Trinajstić information content (AvgIpc) is 3.31. The van der Waals surface area contributed by atoms with E-state index in [4.69, 9.17) is 15.6 Å². The van der Waals surface area contributed by atoms with Crippen LogP contribution in [0.2, 0.25) is 0 Å². The molecule has 1 aromatic carbocycles. The first kappa shape index (κ1) is 28.7. The molecule has 0 saturated carbocycles. The fourth-order valence-corrected chi connectivity index (χ4v) is 5.34. The normalized spacial score (nSPS) is 18.5. The number of piperidine rings is 1. The van der Waals surface area contributed by atoms with E-state index in [9.17, 15) is 27.6 Å². The number of nitrogens with two attached hydrogens (primary N) is 1. The fraction of sp³-hybridized carbons (Fsp3) is 0.435. The van der Waals surface area contributed by atoms with Gasteiger partial charge < -0.3 is 30.4 Å². The van der Waals surface area contributed by atoms with E-state index in [0.717, 1.165) is 5.56 Å². The zero-order chi connectivity index (χ0) is 27.9. The lowest BCUT2D eigenvalue weighted by Crippen LogP contribution is -2.60. The number of amides is 3.